The summed E-state index contributed by atoms with van der Waals surface area (Å²) in [6.45, 7) is 8.14. The lowest BCUT2D eigenvalue weighted by Crippen LogP contribution is -2.51. The summed E-state index contributed by atoms with van der Waals surface area (Å²) in [5, 5.41) is 3.00. The van der Waals surface area contributed by atoms with Crippen LogP contribution in [0.2, 0.25) is 0 Å². The minimum Gasteiger partial charge on any atom is -0.454 e. The van der Waals surface area contributed by atoms with E-state index in [1.165, 1.54) is 16.8 Å². The summed E-state index contributed by atoms with van der Waals surface area (Å²) < 4.78 is 10.7. The number of piperazine rings is 1. The van der Waals surface area contributed by atoms with Crippen molar-refractivity contribution in [1.29, 1.82) is 0 Å². The Labute approximate surface area is 159 Å². The highest BCUT2D eigenvalue weighted by Crippen LogP contribution is 2.32. The fourth-order valence-corrected chi connectivity index (χ4v) is 3.43. The maximum absolute atomic E-state index is 12.5. The number of ether oxygens (including phenoxy) is 2. The molecule has 2 aromatic rings. The van der Waals surface area contributed by atoms with Gasteiger partial charge in [-0.05, 0) is 54.8 Å². The van der Waals surface area contributed by atoms with Gasteiger partial charge in [0.15, 0.2) is 11.5 Å². The van der Waals surface area contributed by atoms with Crippen molar-refractivity contribution in [3.05, 3.63) is 53.1 Å². The van der Waals surface area contributed by atoms with Gasteiger partial charge < -0.3 is 24.6 Å². The Hall–Kier alpha value is -2.89. The molecule has 6 heteroatoms. The molecule has 0 saturated carbocycles. The molecular formula is C21H25N3O3. The second-order valence-corrected chi connectivity index (χ2v) is 7.09. The summed E-state index contributed by atoms with van der Waals surface area (Å²) in [5.74, 6) is 1.50. The van der Waals surface area contributed by atoms with Crippen LogP contribution in [-0.4, -0.2) is 43.9 Å². The Kier molecular flexibility index (Phi) is 4.79. The maximum atomic E-state index is 12.5. The number of carbonyl (C=O) groups is 1. The Bertz CT molecular complexity index is 845. The fourth-order valence-electron chi connectivity index (χ4n) is 3.43. The van der Waals surface area contributed by atoms with Gasteiger partial charge in [-0.1, -0.05) is 12.1 Å². The topological polar surface area (TPSA) is 54.0 Å². The lowest BCUT2D eigenvalue weighted by Gasteiger charge is -2.36. The summed E-state index contributed by atoms with van der Waals surface area (Å²) in [6, 6.07) is 12.3. The zero-order valence-electron chi connectivity index (χ0n) is 15.8. The van der Waals surface area contributed by atoms with Crippen LogP contribution in [0.5, 0.6) is 11.5 Å². The predicted octanol–water partition coefficient (Wildman–Crippen LogP) is 3.06. The summed E-state index contributed by atoms with van der Waals surface area (Å²) >= 11 is 0. The van der Waals surface area contributed by atoms with Crippen LogP contribution >= 0.6 is 0 Å². The first-order valence-electron chi connectivity index (χ1n) is 9.34. The Morgan fingerprint density at radius 2 is 1.74 bits per heavy atom. The summed E-state index contributed by atoms with van der Waals surface area (Å²) in [6.07, 6.45) is 0. The predicted molar refractivity (Wildman–Crippen MR) is 105 cm³/mol. The molecule has 2 aliphatic rings. The molecule has 2 aromatic carbocycles. The van der Waals surface area contributed by atoms with Crippen LogP contribution in [0.25, 0.3) is 0 Å². The summed E-state index contributed by atoms with van der Waals surface area (Å²) in [5.41, 5.74) is 4.84. The standard InChI is InChI=1S/C21H25N3O3/c1-15-3-5-18(11-16(15)2)23-7-9-24(10-8-23)21(25)22-13-17-4-6-19-20(12-17)27-14-26-19/h3-6,11-12H,7-10,13-14H2,1-2H3,(H,22,25). The number of anilines is 1. The molecule has 2 aliphatic heterocycles. The number of carbonyl (C=O) groups excluding carboxylic acids is 1. The van der Waals surface area contributed by atoms with Crippen molar-refractivity contribution in [1.82, 2.24) is 10.2 Å². The number of fused-ring (bicyclic) bond motifs is 1. The molecule has 1 fully saturated rings. The van der Waals surface area contributed by atoms with Crippen molar-refractivity contribution in [2.75, 3.05) is 37.9 Å². The SMILES string of the molecule is Cc1ccc(N2CCN(C(=O)NCc3ccc4c(c3)OCO4)CC2)cc1C. The molecule has 1 N–H and O–H groups in total. The van der Waals surface area contributed by atoms with Gasteiger partial charge in [0.25, 0.3) is 0 Å². The molecule has 6 nitrogen and oxygen atoms in total. The van der Waals surface area contributed by atoms with E-state index in [0.29, 0.717) is 6.54 Å². The van der Waals surface area contributed by atoms with Crippen molar-refractivity contribution < 1.29 is 14.3 Å². The molecule has 142 valence electrons. The number of benzene rings is 2. The zero-order chi connectivity index (χ0) is 18.8. The van der Waals surface area contributed by atoms with Crippen LogP contribution in [0, 0.1) is 13.8 Å². The number of amides is 2. The number of nitrogens with zero attached hydrogens (tertiary/aromatic N) is 2. The fraction of sp³-hybridized carbons (Fsp3) is 0.381. The molecule has 0 unspecified atom stereocenters. The smallest absolute Gasteiger partial charge is 0.317 e. The maximum Gasteiger partial charge on any atom is 0.317 e. The molecule has 2 heterocycles. The summed E-state index contributed by atoms with van der Waals surface area (Å²) in [7, 11) is 0. The number of aryl methyl sites for hydroxylation is 2. The lowest BCUT2D eigenvalue weighted by atomic mass is 10.1. The van der Waals surface area contributed by atoms with Gasteiger partial charge in [0.2, 0.25) is 6.79 Å². The van der Waals surface area contributed by atoms with Gasteiger partial charge >= 0.3 is 6.03 Å². The average molecular weight is 367 g/mol. The van der Waals surface area contributed by atoms with Crippen LogP contribution in [0.15, 0.2) is 36.4 Å². The second kappa shape index (κ2) is 7.39. The average Bonchev–Trinajstić information content (AvgIpc) is 3.16. The van der Waals surface area contributed by atoms with Crippen molar-refractivity contribution in [3.8, 4) is 11.5 Å². The Morgan fingerprint density at radius 1 is 0.963 bits per heavy atom. The lowest BCUT2D eigenvalue weighted by molar-refractivity contribution is 0.174. The molecule has 27 heavy (non-hydrogen) atoms. The molecule has 0 aliphatic carbocycles. The first-order chi connectivity index (χ1) is 13.1. The van der Waals surface area contributed by atoms with Crippen LogP contribution in [0.4, 0.5) is 10.5 Å². The van der Waals surface area contributed by atoms with Crippen LogP contribution in [0.3, 0.4) is 0 Å². The van der Waals surface area contributed by atoms with E-state index in [9.17, 15) is 4.79 Å². The van der Waals surface area contributed by atoms with E-state index < -0.39 is 0 Å². The van der Waals surface area contributed by atoms with Gasteiger partial charge in [-0.15, -0.1) is 0 Å². The van der Waals surface area contributed by atoms with Crippen molar-refractivity contribution >= 4 is 11.7 Å². The highest BCUT2D eigenvalue weighted by molar-refractivity contribution is 5.74. The van der Waals surface area contributed by atoms with E-state index in [0.717, 1.165) is 43.2 Å². The quantitative estimate of drug-likeness (QED) is 0.906. The zero-order valence-corrected chi connectivity index (χ0v) is 15.8. The third-order valence-electron chi connectivity index (χ3n) is 5.30. The van der Waals surface area contributed by atoms with Gasteiger partial charge in [-0.3, -0.25) is 0 Å². The Balaban J connectivity index is 1.29. The number of rotatable bonds is 3. The van der Waals surface area contributed by atoms with E-state index >= 15 is 0 Å². The molecule has 0 spiro atoms. The molecular weight excluding hydrogens is 342 g/mol. The molecule has 2 amide bonds. The Morgan fingerprint density at radius 3 is 2.52 bits per heavy atom. The van der Waals surface area contributed by atoms with E-state index in [-0.39, 0.29) is 12.8 Å². The van der Waals surface area contributed by atoms with E-state index in [4.69, 9.17) is 9.47 Å². The molecule has 0 bridgehead atoms. The van der Waals surface area contributed by atoms with Crippen LogP contribution in [0.1, 0.15) is 16.7 Å². The monoisotopic (exact) mass is 367 g/mol. The van der Waals surface area contributed by atoms with Crippen LogP contribution < -0.4 is 19.7 Å². The van der Waals surface area contributed by atoms with Gasteiger partial charge in [-0.25, -0.2) is 4.79 Å². The first kappa shape index (κ1) is 17.5. The normalized spacial score (nSPS) is 15.8. The number of urea groups is 1. The van der Waals surface area contributed by atoms with Crippen molar-refractivity contribution in [3.63, 3.8) is 0 Å². The van der Waals surface area contributed by atoms with E-state index in [1.54, 1.807) is 0 Å². The minimum absolute atomic E-state index is 0.0209. The van der Waals surface area contributed by atoms with Gasteiger partial charge in [0.1, 0.15) is 0 Å². The molecule has 0 radical (unpaired) electrons. The molecule has 0 aromatic heterocycles. The second-order valence-electron chi connectivity index (χ2n) is 7.09. The van der Waals surface area contributed by atoms with Gasteiger partial charge in [-0.2, -0.15) is 0 Å². The van der Waals surface area contributed by atoms with Gasteiger partial charge in [0.05, 0.1) is 0 Å². The third kappa shape index (κ3) is 3.79. The highest BCUT2D eigenvalue weighted by Gasteiger charge is 2.21. The molecule has 0 atom stereocenters. The number of hydrogen-bond donors (Lipinski definition) is 1. The summed E-state index contributed by atoms with van der Waals surface area (Å²) in [4.78, 5) is 16.7. The molecule has 4 rings (SSSR count). The number of hydrogen-bond acceptors (Lipinski definition) is 4. The van der Waals surface area contributed by atoms with Gasteiger partial charge in [0, 0.05) is 38.4 Å². The first-order valence-corrected chi connectivity index (χ1v) is 9.34. The van der Waals surface area contributed by atoms with Crippen molar-refractivity contribution in [2.24, 2.45) is 0 Å². The van der Waals surface area contributed by atoms with E-state index in [1.807, 2.05) is 23.1 Å². The molecule has 1 saturated heterocycles. The number of nitrogens with one attached hydrogen (secondary N) is 1. The van der Waals surface area contributed by atoms with Crippen molar-refractivity contribution in [2.45, 2.75) is 20.4 Å². The van der Waals surface area contributed by atoms with E-state index in [2.05, 4.69) is 42.3 Å². The minimum atomic E-state index is -0.0209. The third-order valence-corrected chi connectivity index (χ3v) is 5.30. The largest absolute Gasteiger partial charge is 0.454 e. The van der Waals surface area contributed by atoms with Crippen LogP contribution in [-0.2, 0) is 6.54 Å². The highest BCUT2D eigenvalue weighted by atomic mass is 16.7.